The van der Waals surface area contributed by atoms with Crippen LogP contribution in [0.4, 0.5) is 5.69 Å². The number of ether oxygens (including phenoxy) is 2. The Kier molecular flexibility index (Phi) is 7.06. The average molecular weight is 396 g/mol. The van der Waals surface area contributed by atoms with E-state index in [2.05, 4.69) is 5.32 Å². The van der Waals surface area contributed by atoms with E-state index >= 15 is 0 Å². The number of benzene rings is 2. The van der Waals surface area contributed by atoms with Crippen LogP contribution in [0, 0.1) is 11.3 Å². The van der Waals surface area contributed by atoms with Crippen LogP contribution in [0.3, 0.4) is 0 Å². The van der Waals surface area contributed by atoms with E-state index in [-0.39, 0.29) is 12.7 Å². The minimum absolute atomic E-state index is 0.215. The summed E-state index contributed by atoms with van der Waals surface area (Å²) in [5.41, 5.74) is 1.48. The molecule has 144 valence electrons. The summed E-state index contributed by atoms with van der Waals surface area (Å²) >= 11 is 1.56. The lowest BCUT2D eigenvalue weighted by molar-refractivity contribution is -0.119. The summed E-state index contributed by atoms with van der Waals surface area (Å²) in [6.45, 7) is 0.410. The number of hydrogen-bond acceptors (Lipinski definition) is 6. The molecule has 0 aliphatic carbocycles. The number of anilines is 1. The van der Waals surface area contributed by atoms with Gasteiger partial charge in [-0.15, -0.1) is 11.8 Å². The number of esters is 1. The van der Waals surface area contributed by atoms with Gasteiger partial charge in [0, 0.05) is 22.9 Å². The summed E-state index contributed by atoms with van der Waals surface area (Å²) in [5.74, 6) is -0.198. The van der Waals surface area contributed by atoms with E-state index in [0.717, 1.165) is 30.1 Å². The van der Waals surface area contributed by atoms with E-state index in [1.54, 1.807) is 48.2 Å². The van der Waals surface area contributed by atoms with Crippen LogP contribution in [-0.4, -0.2) is 36.9 Å². The topological polar surface area (TPSA) is 88.4 Å². The first kappa shape index (κ1) is 19.9. The van der Waals surface area contributed by atoms with Gasteiger partial charge < -0.3 is 14.8 Å². The van der Waals surface area contributed by atoms with Crippen molar-refractivity contribution >= 4 is 29.3 Å². The number of rotatable bonds is 7. The Morgan fingerprint density at radius 1 is 1.21 bits per heavy atom. The number of carbonyl (C=O) groups excluding carboxylic acids is 2. The highest BCUT2D eigenvalue weighted by atomic mass is 32.2. The summed E-state index contributed by atoms with van der Waals surface area (Å²) < 4.78 is 10.8. The van der Waals surface area contributed by atoms with Crippen molar-refractivity contribution in [3.05, 3.63) is 59.7 Å². The standard InChI is InChI=1S/C21H20N2O4S/c22-12-15-7-9-16(10-8-15)23-20(24)13-27-21(25)18-5-1-2-6-19(18)28-14-17-4-3-11-26-17/h1-2,5-10,17H,3-4,11,13-14H2,(H,23,24)/t17-/m1/s1. The third-order valence-electron chi connectivity index (χ3n) is 4.19. The van der Waals surface area contributed by atoms with Gasteiger partial charge in [-0.1, -0.05) is 12.1 Å². The number of amides is 1. The van der Waals surface area contributed by atoms with E-state index in [1.165, 1.54) is 0 Å². The number of nitrogens with one attached hydrogen (secondary N) is 1. The van der Waals surface area contributed by atoms with Gasteiger partial charge in [-0.2, -0.15) is 5.26 Å². The second kappa shape index (κ2) is 9.93. The van der Waals surface area contributed by atoms with Crippen molar-refractivity contribution in [3.8, 4) is 6.07 Å². The quantitative estimate of drug-likeness (QED) is 0.568. The summed E-state index contributed by atoms with van der Waals surface area (Å²) in [7, 11) is 0. The highest BCUT2D eigenvalue weighted by molar-refractivity contribution is 7.99. The van der Waals surface area contributed by atoms with Crippen LogP contribution < -0.4 is 5.32 Å². The van der Waals surface area contributed by atoms with E-state index in [9.17, 15) is 9.59 Å². The Bertz CT molecular complexity index is 871. The molecule has 6 nitrogen and oxygen atoms in total. The predicted molar refractivity (Wildman–Crippen MR) is 106 cm³/mol. The van der Waals surface area contributed by atoms with Crippen LogP contribution in [-0.2, 0) is 14.3 Å². The Labute approximate surface area is 167 Å². The second-order valence-electron chi connectivity index (χ2n) is 6.26. The number of nitrogens with zero attached hydrogens (tertiary/aromatic N) is 1. The largest absolute Gasteiger partial charge is 0.452 e. The molecule has 1 aliphatic heterocycles. The number of hydrogen-bond donors (Lipinski definition) is 1. The molecule has 2 aromatic rings. The molecular weight excluding hydrogens is 376 g/mol. The van der Waals surface area contributed by atoms with Crippen molar-refractivity contribution in [2.75, 3.05) is 24.3 Å². The molecule has 1 fully saturated rings. The van der Waals surface area contributed by atoms with Gasteiger partial charge in [0.1, 0.15) is 0 Å². The molecule has 0 radical (unpaired) electrons. The second-order valence-corrected chi connectivity index (χ2v) is 7.32. The molecule has 1 N–H and O–H groups in total. The molecule has 0 bridgehead atoms. The summed E-state index contributed by atoms with van der Waals surface area (Å²) in [4.78, 5) is 25.2. The maximum atomic E-state index is 12.4. The van der Waals surface area contributed by atoms with Gasteiger partial charge in [-0.05, 0) is 49.2 Å². The van der Waals surface area contributed by atoms with E-state index in [0.29, 0.717) is 16.8 Å². The summed E-state index contributed by atoms with van der Waals surface area (Å²) in [5, 5.41) is 11.4. The van der Waals surface area contributed by atoms with Crippen molar-refractivity contribution in [2.45, 2.75) is 23.8 Å². The molecule has 1 atom stereocenters. The van der Waals surface area contributed by atoms with Crippen molar-refractivity contribution in [1.29, 1.82) is 5.26 Å². The van der Waals surface area contributed by atoms with Crippen molar-refractivity contribution in [1.82, 2.24) is 0 Å². The lowest BCUT2D eigenvalue weighted by Gasteiger charge is -2.12. The molecule has 1 saturated heterocycles. The average Bonchev–Trinajstić information content (AvgIpc) is 3.25. The molecule has 0 unspecified atom stereocenters. The molecule has 1 aliphatic rings. The molecule has 2 aromatic carbocycles. The van der Waals surface area contributed by atoms with Gasteiger partial charge in [0.15, 0.2) is 6.61 Å². The SMILES string of the molecule is N#Cc1ccc(NC(=O)COC(=O)c2ccccc2SC[C@H]2CCCO2)cc1. The highest BCUT2D eigenvalue weighted by Gasteiger charge is 2.19. The molecule has 0 saturated carbocycles. The van der Waals surface area contributed by atoms with Gasteiger partial charge in [0.2, 0.25) is 0 Å². The van der Waals surface area contributed by atoms with Gasteiger partial charge >= 0.3 is 5.97 Å². The van der Waals surface area contributed by atoms with Crippen LogP contribution in [0.15, 0.2) is 53.4 Å². The zero-order valence-corrected chi connectivity index (χ0v) is 16.0. The molecule has 0 spiro atoms. The van der Waals surface area contributed by atoms with Crippen molar-refractivity contribution in [2.24, 2.45) is 0 Å². The lowest BCUT2D eigenvalue weighted by Crippen LogP contribution is -2.21. The molecule has 28 heavy (non-hydrogen) atoms. The van der Waals surface area contributed by atoms with E-state index in [1.807, 2.05) is 18.2 Å². The predicted octanol–water partition coefficient (Wildman–Crippen LogP) is 3.62. The van der Waals surface area contributed by atoms with E-state index < -0.39 is 11.9 Å². The van der Waals surface area contributed by atoms with Gasteiger partial charge in [-0.3, -0.25) is 4.79 Å². The van der Waals surface area contributed by atoms with Crippen LogP contribution in [0.1, 0.15) is 28.8 Å². The van der Waals surface area contributed by atoms with Crippen LogP contribution in [0.5, 0.6) is 0 Å². The highest BCUT2D eigenvalue weighted by Crippen LogP contribution is 2.27. The summed E-state index contributed by atoms with van der Waals surface area (Å²) in [6.07, 6.45) is 2.32. The third-order valence-corrected chi connectivity index (χ3v) is 5.39. The normalized spacial score (nSPS) is 15.6. The minimum atomic E-state index is -0.537. The van der Waals surface area contributed by atoms with Gasteiger partial charge in [0.25, 0.3) is 5.91 Å². The third kappa shape index (κ3) is 5.59. The van der Waals surface area contributed by atoms with Gasteiger partial charge in [-0.25, -0.2) is 4.79 Å². The van der Waals surface area contributed by atoms with Crippen LogP contribution in [0.25, 0.3) is 0 Å². The smallest absolute Gasteiger partial charge is 0.339 e. The lowest BCUT2D eigenvalue weighted by atomic mass is 10.2. The molecule has 3 rings (SSSR count). The fourth-order valence-corrected chi connectivity index (χ4v) is 3.86. The van der Waals surface area contributed by atoms with Crippen LogP contribution >= 0.6 is 11.8 Å². The van der Waals surface area contributed by atoms with Crippen LogP contribution in [0.2, 0.25) is 0 Å². The molecule has 0 aromatic heterocycles. The summed E-state index contributed by atoms with van der Waals surface area (Å²) in [6, 6.07) is 15.6. The molecule has 1 amide bonds. The fourth-order valence-electron chi connectivity index (χ4n) is 2.75. The first-order valence-corrected chi connectivity index (χ1v) is 9.95. The minimum Gasteiger partial charge on any atom is -0.452 e. The number of nitriles is 1. The number of thioether (sulfide) groups is 1. The Hall–Kier alpha value is -2.82. The maximum absolute atomic E-state index is 12.4. The number of carbonyl (C=O) groups is 2. The molecule has 1 heterocycles. The zero-order valence-electron chi connectivity index (χ0n) is 15.2. The first-order chi connectivity index (χ1) is 13.7. The molecule has 7 heteroatoms. The first-order valence-electron chi connectivity index (χ1n) is 8.96. The van der Waals surface area contributed by atoms with Crippen molar-refractivity contribution in [3.63, 3.8) is 0 Å². The van der Waals surface area contributed by atoms with E-state index in [4.69, 9.17) is 14.7 Å². The Balaban J connectivity index is 1.52. The zero-order chi connectivity index (χ0) is 19.8. The Morgan fingerprint density at radius 3 is 2.71 bits per heavy atom. The Morgan fingerprint density at radius 2 is 2.00 bits per heavy atom. The maximum Gasteiger partial charge on any atom is 0.339 e. The molecular formula is C21H20N2O4S. The van der Waals surface area contributed by atoms with Gasteiger partial charge in [0.05, 0.1) is 23.3 Å². The fraction of sp³-hybridized carbons (Fsp3) is 0.286. The monoisotopic (exact) mass is 396 g/mol. The van der Waals surface area contributed by atoms with Crippen molar-refractivity contribution < 1.29 is 19.1 Å².